The van der Waals surface area contributed by atoms with Crippen LogP contribution in [0.5, 0.6) is 0 Å². The molecule has 3 aromatic rings. The van der Waals surface area contributed by atoms with Crippen molar-refractivity contribution in [3.05, 3.63) is 104 Å². The molecule has 4 rings (SSSR count). The van der Waals surface area contributed by atoms with E-state index in [0.717, 1.165) is 41.5 Å². The van der Waals surface area contributed by atoms with Gasteiger partial charge in [-0.3, -0.25) is 9.79 Å². The van der Waals surface area contributed by atoms with E-state index in [2.05, 4.69) is 48.3 Å². The zero-order chi connectivity index (χ0) is 23.5. The number of halogens is 2. The third-order valence-corrected chi connectivity index (χ3v) is 6.38. The molecule has 1 aliphatic carbocycles. The maximum Gasteiger partial charge on any atom is 0.309 e. The van der Waals surface area contributed by atoms with Gasteiger partial charge in [0.15, 0.2) is 0 Å². The molecule has 0 heterocycles. The number of carbonyl (C=O) groups excluding carboxylic acids is 1. The van der Waals surface area contributed by atoms with Crippen LogP contribution in [-0.2, 0) is 16.0 Å². The lowest BCUT2D eigenvalue weighted by Gasteiger charge is -2.18. The zero-order valence-corrected chi connectivity index (χ0v) is 20.4. The highest BCUT2D eigenvalue weighted by atomic mass is 35.5. The molecule has 0 saturated carbocycles. The fourth-order valence-corrected chi connectivity index (χ4v) is 4.87. The van der Waals surface area contributed by atoms with Crippen LogP contribution in [0.25, 0.3) is 11.1 Å². The second kappa shape index (κ2) is 9.94. The van der Waals surface area contributed by atoms with Gasteiger partial charge in [-0.1, -0.05) is 65.2 Å². The normalized spacial score (nSPS) is 14.0. The van der Waals surface area contributed by atoms with Crippen LogP contribution in [0.15, 0.2) is 65.7 Å². The fourth-order valence-electron chi connectivity index (χ4n) is 4.34. The van der Waals surface area contributed by atoms with Crippen LogP contribution in [0.4, 0.5) is 0 Å². The summed E-state index contributed by atoms with van der Waals surface area (Å²) in [5.74, 6) is -0.0539. The van der Waals surface area contributed by atoms with Crippen molar-refractivity contribution < 1.29 is 9.53 Å². The van der Waals surface area contributed by atoms with Gasteiger partial charge in [0.25, 0.3) is 0 Å². The molecule has 5 heteroatoms. The second-order valence-electron chi connectivity index (χ2n) is 8.19. The number of hydrogen-bond donors (Lipinski definition) is 0. The van der Waals surface area contributed by atoms with Crippen molar-refractivity contribution in [2.45, 2.75) is 33.1 Å². The maximum atomic E-state index is 11.5. The Morgan fingerprint density at radius 2 is 1.67 bits per heavy atom. The predicted octanol–water partition coefficient (Wildman–Crippen LogP) is 7.54. The van der Waals surface area contributed by atoms with Crippen molar-refractivity contribution in [3.8, 4) is 0 Å². The monoisotopic (exact) mass is 477 g/mol. The summed E-state index contributed by atoms with van der Waals surface area (Å²) in [6.07, 6.45) is 2.74. The molecule has 0 amide bonds. The predicted molar refractivity (Wildman–Crippen MR) is 137 cm³/mol. The van der Waals surface area contributed by atoms with Gasteiger partial charge < -0.3 is 4.74 Å². The SMILES string of the molecule is CN=C(OC(C)=O)c1ccc2c(c1)CCCC(c1ccc(Cl)cc1Cl)=C2c1ccc(C)cc1. The van der Waals surface area contributed by atoms with E-state index >= 15 is 0 Å². The molecule has 0 spiro atoms. The molecule has 0 fully saturated rings. The number of aryl methyl sites for hydroxylation is 2. The van der Waals surface area contributed by atoms with Gasteiger partial charge >= 0.3 is 5.97 Å². The minimum absolute atomic E-state index is 0.330. The van der Waals surface area contributed by atoms with E-state index < -0.39 is 0 Å². The number of fused-ring (bicyclic) bond motifs is 1. The molecule has 0 saturated heterocycles. The van der Waals surface area contributed by atoms with Crippen LogP contribution in [0.1, 0.15) is 53.1 Å². The number of aliphatic imine (C=N–C) groups is 1. The number of carbonyl (C=O) groups is 1. The van der Waals surface area contributed by atoms with Crippen molar-refractivity contribution in [2.75, 3.05) is 7.05 Å². The summed E-state index contributed by atoms with van der Waals surface area (Å²) in [5.41, 5.74) is 8.86. The van der Waals surface area contributed by atoms with Gasteiger partial charge in [0.1, 0.15) is 0 Å². The Labute approximate surface area is 204 Å². The van der Waals surface area contributed by atoms with E-state index in [1.54, 1.807) is 13.1 Å². The largest absolute Gasteiger partial charge is 0.407 e. The summed E-state index contributed by atoms with van der Waals surface area (Å²) in [6.45, 7) is 3.47. The van der Waals surface area contributed by atoms with E-state index in [4.69, 9.17) is 27.9 Å². The van der Waals surface area contributed by atoms with Crippen molar-refractivity contribution in [1.29, 1.82) is 0 Å². The van der Waals surface area contributed by atoms with E-state index in [-0.39, 0.29) is 5.97 Å². The first-order valence-electron chi connectivity index (χ1n) is 10.9. The number of benzene rings is 3. The molecule has 1 aliphatic rings. The first-order chi connectivity index (χ1) is 15.9. The summed E-state index contributed by atoms with van der Waals surface area (Å²) in [5, 5.41) is 1.27. The lowest BCUT2D eigenvalue weighted by molar-refractivity contribution is -0.132. The molecular formula is C28H25Cl2NO2. The molecule has 0 aromatic heterocycles. The molecule has 0 aliphatic heterocycles. The Morgan fingerprint density at radius 3 is 2.33 bits per heavy atom. The highest BCUT2D eigenvalue weighted by molar-refractivity contribution is 6.36. The van der Waals surface area contributed by atoms with Crippen molar-refractivity contribution in [3.63, 3.8) is 0 Å². The zero-order valence-electron chi connectivity index (χ0n) is 18.9. The molecule has 0 unspecified atom stereocenters. The maximum absolute atomic E-state index is 11.5. The Hall–Kier alpha value is -2.88. The average Bonchev–Trinajstić information content (AvgIpc) is 2.97. The Bertz CT molecular complexity index is 1270. The van der Waals surface area contributed by atoms with E-state index in [1.807, 2.05) is 18.2 Å². The second-order valence-corrected chi connectivity index (χ2v) is 9.04. The quantitative estimate of drug-likeness (QED) is 0.222. The first-order valence-corrected chi connectivity index (χ1v) is 11.7. The average molecular weight is 478 g/mol. The highest BCUT2D eigenvalue weighted by Gasteiger charge is 2.22. The van der Waals surface area contributed by atoms with Crippen LogP contribution < -0.4 is 0 Å². The molecule has 0 N–H and O–H groups in total. The van der Waals surface area contributed by atoms with Gasteiger partial charge in [0.2, 0.25) is 5.90 Å². The summed E-state index contributed by atoms with van der Waals surface area (Å²) >= 11 is 12.9. The molecule has 0 radical (unpaired) electrons. The topological polar surface area (TPSA) is 38.7 Å². The molecule has 33 heavy (non-hydrogen) atoms. The number of esters is 1. The third-order valence-electron chi connectivity index (χ3n) is 5.84. The lowest BCUT2D eigenvalue weighted by Crippen LogP contribution is -2.11. The number of rotatable bonds is 3. The molecule has 3 aromatic carbocycles. The summed E-state index contributed by atoms with van der Waals surface area (Å²) in [6, 6.07) is 20.4. The smallest absolute Gasteiger partial charge is 0.309 e. The van der Waals surface area contributed by atoms with E-state index in [9.17, 15) is 4.79 Å². The molecule has 0 atom stereocenters. The van der Waals surface area contributed by atoms with Crippen molar-refractivity contribution in [1.82, 2.24) is 0 Å². The molecule has 3 nitrogen and oxygen atoms in total. The van der Waals surface area contributed by atoms with Crippen molar-refractivity contribution >= 4 is 46.2 Å². The Kier molecular flexibility index (Phi) is 7.02. The number of allylic oxidation sites excluding steroid dienone is 1. The summed E-state index contributed by atoms with van der Waals surface area (Å²) < 4.78 is 5.32. The van der Waals surface area contributed by atoms with Gasteiger partial charge in [-0.15, -0.1) is 0 Å². The minimum atomic E-state index is -0.384. The van der Waals surface area contributed by atoms with Gasteiger partial charge in [-0.2, -0.15) is 0 Å². The number of hydrogen-bond acceptors (Lipinski definition) is 3. The molecule has 168 valence electrons. The van der Waals surface area contributed by atoms with Gasteiger partial charge in [0, 0.05) is 29.6 Å². The highest BCUT2D eigenvalue weighted by Crippen LogP contribution is 2.42. The molecular weight excluding hydrogens is 453 g/mol. The Morgan fingerprint density at radius 1 is 0.939 bits per heavy atom. The van der Waals surface area contributed by atoms with Gasteiger partial charge in [-0.05, 0) is 83.9 Å². The summed E-state index contributed by atoms with van der Waals surface area (Å²) in [7, 11) is 1.63. The van der Waals surface area contributed by atoms with Crippen LogP contribution >= 0.6 is 23.2 Å². The third kappa shape index (κ3) is 5.05. The standard InChI is InChI=1S/C28H25Cl2NO2/c1-17-7-9-19(10-8-17)27-23-13-11-21(28(31-3)33-18(2)32)15-20(23)5-4-6-25(27)24-14-12-22(29)16-26(24)30/h7-16H,4-6H2,1-3H3. The van der Waals surface area contributed by atoms with Crippen LogP contribution in [0.2, 0.25) is 10.0 Å². The molecule has 0 bridgehead atoms. The lowest BCUT2D eigenvalue weighted by atomic mass is 9.87. The van der Waals surface area contributed by atoms with E-state index in [0.29, 0.717) is 15.9 Å². The summed E-state index contributed by atoms with van der Waals surface area (Å²) in [4.78, 5) is 15.7. The van der Waals surface area contributed by atoms with Gasteiger partial charge in [-0.25, -0.2) is 0 Å². The van der Waals surface area contributed by atoms with E-state index in [1.165, 1.54) is 29.2 Å². The van der Waals surface area contributed by atoms with Crippen LogP contribution in [0, 0.1) is 6.92 Å². The van der Waals surface area contributed by atoms with Crippen LogP contribution in [-0.4, -0.2) is 18.9 Å². The van der Waals surface area contributed by atoms with Gasteiger partial charge in [0.05, 0.1) is 0 Å². The Balaban J connectivity index is 1.95. The number of ether oxygens (including phenoxy) is 1. The number of nitrogens with zero attached hydrogens (tertiary/aromatic N) is 1. The van der Waals surface area contributed by atoms with Crippen LogP contribution in [0.3, 0.4) is 0 Å². The first kappa shape index (κ1) is 23.3. The fraction of sp³-hybridized carbons (Fsp3) is 0.214. The van der Waals surface area contributed by atoms with Crippen molar-refractivity contribution in [2.24, 2.45) is 4.99 Å². The minimum Gasteiger partial charge on any atom is -0.407 e.